The Morgan fingerprint density at radius 1 is 1.13 bits per heavy atom. The Morgan fingerprint density at radius 2 is 1.78 bits per heavy atom. The summed E-state index contributed by atoms with van der Waals surface area (Å²) in [6.07, 6.45) is -0.551. The van der Waals surface area contributed by atoms with Crippen molar-refractivity contribution in [3.8, 4) is 0 Å². The van der Waals surface area contributed by atoms with E-state index < -0.39 is 12.1 Å². The molecule has 0 saturated heterocycles. The van der Waals surface area contributed by atoms with Crippen LogP contribution in [0.2, 0.25) is 0 Å². The minimum absolute atomic E-state index is 0.000114. The summed E-state index contributed by atoms with van der Waals surface area (Å²) in [4.78, 5) is 22.2. The Balaban J connectivity index is 2.59. The van der Waals surface area contributed by atoms with Crippen molar-refractivity contribution in [1.29, 1.82) is 0 Å². The number of ether oxygens (including phenoxy) is 3. The number of esters is 2. The molecule has 0 heterocycles. The maximum Gasteiger partial charge on any atom is 0.331 e. The zero-order chi connectivity index (χ0) is 17.1. The molecule has 0 bridgehead atoms. The Labute approximate surface area is 140 Å². The average molecular weight is 342 g/mol. The van der Waals surface area contributed by atoms with Gasteiger partial charge >= 0.3 is 11.9 Å². The molecule has 128 valence electrons. The van der Waals surface area contributed by atoms with Gasteiger partial charge in [-0.1, -0.05) is 30.3 Å². The van der Waals surface area contributed by atoms with Gasteiger partial charge in [0.1, 0.15) is 6.61 Å². The van der Waals surface area contributed by atoms with Crippen LogP contribution in [-0.2, 0) is 23.8 Å². The van der Waals surface area contributed by atoms with Crippen LogP contribution in [0.5, 0.6) is 0 Å². The van der Waals surface area contributed by atoms with E-state index in [9.17, 15) is 14.7 Å². The van der Waals surface area contributed by atoms with Crippen molar-refractivity contribution in [1.82, 2.24) is 0 Å². The Kier molecular flexibility index (Phi) is 9.35. The summed E-state index contributed by atoms with van der Waals surface area (Å²) in [6.45, 7) is -0.207. The average Bonchev–Trinajstić information content (AvgIpc) is 2.58. The smallest absolute Gasteiger partial charge is 0.331 e. The molecule has 0 aliphatic heterocycles. The number of carbonyl (C=O) groups is 2. The number of carbonyl (C=O) groups excluding carboxylic acids is 2. The van der Waals surface area contributed by atoms with E-state index in [4.69, 9.17) is 4.74 Å². The third-order valence-electron chi connectivity index (χ3n) is 3.05. The van der Waals surface area contributed by atoms with Gasteiger partial charge in [-0.2, -0.15) is 11.8 Å². The van der Waals surface area contributed by atoms with Crippen molar-refractivity contribution in [2.45, 2.75) is 17.8 Å². The third-order valence-corrected chi connectivity index (χ3v) is 4.43. The SMILES string of the molecule is COC(=O)CCSC(c1ccccc1)C(O)COCC(=O)OC. The summed E-state index contributed by atoms with van der Waals surface area (Å²) < 4.78 is 14.3. The molecule has 0 aromatic heterocycles. The summed E-state index contributed by atoms with van der Waals surface area (Å²) in [5.41, 5.74) is 0.927. The molecule has 23 heavy (non-hydrogen) atoms. The van der Waals surface area contributed by atoms with Crippen LogP contribution < -0.4 is 0 Å². The minimum atomic E-state index is -0.815. The highest BCUT2D eigenvalue weighted by atomic mass is 32.2. The number of aliphatic hydroxyl groups is 1. The monoisotopic (exact) mass is 342 g/mol. The first kappa shape index (κ1) is 19.5. The number of aliphatic hydroxyl groups excluding tert-OH is 1. The number of thioether (sulfide) groups is 1. The predicted molar refractivity (Wildman–Crippen MR) is 87.1 cm³/mol. The quantitative estimate of drug-likeness (QED) is 0.646. The van der Waals surface area contributed by atoms with E-state index >= 15 is 0 Å². The van der Waals surface area contributed by atoms with Crippen molar-refractivity contribution in [3.63, 3.8) is 0 Å². The molecule has 6 nitrogen and oxygen atoms in total. The van der Waals surface area contributed by atoms with Crippen LogP contribution >= 0.6 is 11.8 Å². The summed E-state index contributed by atoms with van der Waals surface area (Å²) in [7, 11) is 2.62. The first-order valence-corrected chi connectivity index (χ1v) is 8.19. The number of hydrogen-bond acceptors (Lipinski definition) is 7. The molecule has 0 radical (unpaired) electrons. The summed E-state index contributed by atoms with van der Waals surface area (Å²) in [5, 5.41) is 10.1. The minimum Gasteiger partial charge on any atom is -0.469 e. The van der Waals surface area contributed by atoms with Crippen molar-refractivity contribution in [3.05, 3.63) is 35.9 Å². The standard InChI is InChI=1S/C16H22O6S/c1-20-14(18)8-9-23-16(12-6-4-3-5-7-12)13(17)10-22-11-15(19)21-2/h3-7,13,16-17H,8-11H2,1-2H3. The van der Waals surface area contributed by atoms with Crippen LogP contribution in [0.25, 0.3) is 0 Å². The van der Waals surface area contributed by atoms with Gasteiger partial charge in [0.15, 0.2) is 0 Å². The Bertz CT molecular complexity index is 479. The fraction of sp³-hybridized carbons (Fsp3) is 0.500. The summed E-state index contributed by atoms with van der Waals surface area (Å²) in [5.74, 6) is -0.270. The molecule has 0 aliphatic carbocycles. The molecule has 0 spiro atoms. The van der Waals surface area contributed by atoms with Gasteiger partial charge in [-0.25, -0.2) is 4.79 Å². The molecule has 1 aromatic carbocycles. The Hall–Kier alpha value is -1.57. The highest BCUT2D eigenvalue weighted by Gasteiger charge is 2.22. The first-order chi connectivity index (χ1) is 11.1. The zero-order valence-electron chi connectivity index (χ0n) is 13.3. The molecule has 7 heteroatoms. The molecular weight excluding hydrogens is 320 g/mol. The molecule has 1 rings (SSSR count). The Morgan fingerprint density at radius 3 is 2.39 bits per heavy atom. The fourth-order valence-corrected chi connectivity index (χ4v) is 3.04. The summed E-state index contributed by atoms with van der Waals surface area (Å²) >= 11 is 1.44. The first-order valence-electron chi connectivity index (χ1n) is 7.14. The van der Waals surface area contributed by atoms with E-state index in [1.807, 2.05) is 30.3 Å². The number of rotatable bonds is 10. The highest BCUT2D eigenvalue weighted by Crippen LogP contribution is 2.32. The van der Waals surface area contributed by atoms with Gasteiger partial charge < -0.3 is 19.3 Å². The molecule has 0 saturated carbocycles. The van der Waals surface area contributed by atoms with Gasteiger partial charge in [-0.3, -0.25) is 4.79 Å². The van der Waals surface area contributed by atoms with Crippen LogP contribution in [0.4, 0.5) is 0 Å². The highest BCUT2D eigenvalue weighted by molar-refractivity contribution is 7.99. The molecule has 2 atom stereocenters. The topological polar surface area (TPSA) is 82.1 Å². The van der Waals surface area contributed by atoms with E-state index in [1.54, 1.807) is 0 Å². The predicted octanol–water partition coefficient (Wildman–Crippen LogP) is 1.57. The van der Waals surface area contributed by atoms with Crippen LogP contribution in [0.1, 0.15) is 17.2 Å². The number of benzene rings is 1. The summed E-state index contributed by atoms with van der Waals surface area (Å²) in [6, 6.07) is 9.45. The fourth-order valence-electron chi connectivity index (χ4n) is 1.85. The van der Waals surface area contributed by atoms with Crippen molar-refractivity contribution in [2.24, 2.45) is 0 Å². The zero-order valence-corrected chi connectivity index (χ0v) is 14.1. The lowest BCUT2D eigenvalue weighted by molar-refractivity contribution is -0.147. The van der Waals surface area contributed by atoms with E-state index in [-0.39, 0.29) is 30.9 Å². The molecule has 2 unspecified atom stereocenters. The molecular formula is C16H22O6S. The van der Waals surface area contributed by atoms with E-state index in [2.05, 4.69) is 9.47 Å². The van der Waals surface area contributed by atoms with Crippen molar-refractivity contribution < 1.29 is 28.9 Å². The van der Waals surface area contributed by atoms with Gasteiger partial charge in [0.2, 0.25) is 0 Å². The molecule has 1 N–H and O–H groups in total. The molecule has 1 aromatic rings. The normalized spacial score (nSPS) is 13.2. The van der Waals surface area contributed by atoms with Crippen LogP contribution in [-0.4, -0.2) is 56.3 Å². The van der Waals surface area contributed by atoms with Crippen LogP contribution in [0, 0.1) is 0 Å². The maximum atomic E-state index is 11.2. The van der Waals surface area contributed by atoms with Gasteiger partial charge in [-0.15, -0.1) is 0 Å². The van der Waals surface area contributed by atoms with Crippen molar-refractivity contribution >= 4 is 23.7 Å². The van der Waals surface area contributed by atoms with Gasteiger partial charge in [-0.05, 0) is 5.56 Å². The number of methoxy groups -OCH3 is 2. The second kappa shape index (κ2) is 11.0. The lowest BCUT2D eigenvalue weighted by Crippen LogP contribution is -2.25. The van der Waals surface area contributed by atoms with Crippen molar-refractivity contribution in [2.75, 3.05) is 33.2 Å². The second-order valence-electron chi connectivity index (χ2n) is 4.69. The van der Waals surface area contributed by atoms with Crippen LogP contribution in [0.3, 0.4) is 0 Å². The van der Waals surface area contributed by atoms with Gasteiger partial charge in [0.05, 0.1) is 38.6 Å². The van der Waals surface area contributed by atoms with E-state index in [0.29, 0.717) is 5.75 Å². The maximum absolute atomic E-state index is 11.2. The third kappa shape index (κ3) is 7.49. The lowest BCUT2D eigenvalue weighted by atomic mass is 10.1. The number of hydrogen-bond donors (Lipinski definition) is 1. The molecule has 0 aliphatic rings. The van der Waals surface area contributed by atoms with E-state index in [1.165, 1.54) is 26.0 Å². The lowest BCUT2D eigenvalue weighted by Gasteiger charge is -2.22. The van der Waals surface area contributed by atoms with Gasteiger partial charge in [0, 0.05) is 5.75 Å². The molecule has 0 fully saturated rings. The van der Waals surface area contributed by atoms with E-state index in [0.717, 1.165) is 5.56 Å². The second-order valence-corrected chi connectivity index (χ2v) is 5.94. The van der Waals surface area contributed by atoms with Crippen LogP contribution in [0.15, 0.2) is 30.3 Å². The molecule has 0 amide bonds. The largest absolute Gasteiger partial charge is 0.469 e. The van der Waals surface area contributed by atoms with Gasteiger partial charge in [0.25, 0.3) is 0 Å².